The monoisotopic (exact) mass is 244 g/mol. The Hall–Kier alpha value is -1.26. The predicted molar refractivity (Wildman–Crippen MR) is 66.9 cm³/mol. The number of likely N-dealkylation sites (N-methyl/N-ethyl adjacent to an activating group) is 1. The summed E-state index contributed by atoms with van der Waals surface area (Å²) in [4.78, 5) is 26.0. The minimum absolute atomic E-state index is 0.0633. The van der Waals surface area contributed by atoms with E-state index in [0.29, 0.717) is 12.5 Å². The predicted octanol–water partition coefficient (Wildman–Crippen LogP) is 1.88. The molecule has 0 aliphatic carbocycles. The number of nitrogens with zero attached hydrogens (tertiary/aromatic N) is 2. The number of aliphatic carboxylic acids is 1. The minimum atomic E-state index is -0.992. The molecule has 0 rings (SSSR count). The van der Waals surface area contributed by atoms with E-state index in [0.717, 1.165) is 0 Å². The second-order valence-electron chi connectivity index (χ2n) is 5.05. The topological polar surface area (TPSA) is 60.9 Å². The van der Waals surface area contributed by atoms with Gasteiger partial charge < -0.3 is 14.9 Å². The van der Waals surface area contributed by atoms with Gasteiger partial charge in [-0.3, -0.25) is 0 Å². The molecule has 100 valence electrons. The summed E-state index contributed by atoms with van der Waals surface area (Å²) >= 11 is 0. The van der Waals surface area contributed by atoms with Crippen molar-refractivity contribution in [2.45, 2.75) is 46.7 Å². The van der Waals surface area contributed by atoms with Gasteiger partial charge in [0.15, 0.2) is 0 Å². The quantitative estimate of drug-likeness (QED) is 0.803. The van der Waals surface area contributed by atoms with E-state index in [9.17, 15) is 9.59 Å². The standard InChI is InChI=1S/C12H24N2O3/c1-8(2)7-14(9(3)4)12(17)13(6)10(5)11(15)16/h8-10H,7H2,1-6H3,(H,15,16). The third kappa shape index (κ3) is 4.63. The lowest BCUT2D eigenvalue weighted by Crippen LogP contribution is -2.51. The van der Waals surface area contributed by atoms with Gasteiger partial charge in [-0.25, -0.2) is 9.59 Å². The highest BCUT2D eigenvalue weighted by atomic mass is 16.4. The van der Waals surface area contributed by atoms with Gasteiger partial charge >= 0.3 is 12.0 Å². The van der Waals surface area contributed by atoms with Gasteiger partial charge in [0.2, 0.25) is 0 Å². The molecule has 0 fully saturated rings. The number of carbonyl (C=O) groups excluding carboxylic acids is 1. The van der Waals surface area contributed by atoms with E-state index in [1.165, 1.54) is 18.9 Å². The molecule has 0 radical (unpaired) electrons. The van der Waals surface area contributed by atoms with E-state index in [1.807, 2.05) is 27.7 Å². The Morgan fingerprint density at radius 2 is 1.59 bits per heavy atom. The zero-order valence-corrected chi connectivity index (χ0v) is 11.6. The molecule has 5 heteroatoms. The number of carboxylic acids is 1. The normalized spacial score (nSPS) is 12.7. The molecule has 0 saturated carbocycles. The lowest BCUT2D eigenvalue weighted by atomic mass is 10.2. The highest BCUT2D eigenvalue weighted by Gasteiger charge is 2.27. The number of urea groups is 1. The molecule has 0 aromatic heterocycles. The summed E-state index contributed by atoms with van der Waals surface area (Å²) < 4.78 is 0. The number of rotatable bonds is 5. The van der Waals surface area contributed by atoms with E-state index in [-0.39, 0.29) is 12.1 Å². The molecule has 0 bridgehead atoms. The van der Waals surface area contributed by atoms with E-state index in [2.05, 4.69) is 0 Å². The largest absolute Gasteiger partial charge is 0.480 e. The van der Waals surface area contributed by atoms with Crippen molar-refractivity contribution >= 4 is 12.0 Å². The molecular formula is C12H24N2O3. The van der Waals surface area contributed by atoms with Gasteiger partial charge in [-0.15, -0.1) is 0 Å². The van der Waals surface area contributed by atoms with Crippen LogP contribution in [0.3, 0.4) is 0 Å². The molecule has 0 aliphatic rings. The van der Waals surface area contributed by atoms with Crippen molar-refractivity contribution in [3.05, 3.63) is 0 Å². The second-order valence-corrected chi connectivity index (χ2v) is 5.05. The van der Waals surface area contributed by atoms with Crippen LogP contribution in [0.1, 0.15) is 34.6 Å². The fourth-order valence-corrected chi connectivity index (χ4v) is 1.44. The average molecular weight is 244 g/mol. The molecule has 0 aromatic carbocycles. The van der Waals surface area contributed by atoms with Gasteiger partial charge in [0.05, 0.1) is 0 Å². The number of hydrogen-bond acceptors (Lipinski definition) is 2. The van der Waals surface area contributed by atoms with Crippen molar-refractivity contribution in [1.82, 2.24) is 9.80 Å². The summed E-state index contributed by atoms with van der Waals surface area (Å²) in [5.41, 5.74) is 0. The minimum Gasteiger partial charge on any atom is -0.480 e. The molecule has 1 atom stereocenters. The summed E-state index contributed by atoms with van der Waals surface area (Å²) in [6.45, 7) is 10.1. The van der Waals surface area contributed by atoms with Crippen LogP contribution in [-0.2, 0) is 4.79 Å². The summed E-state index contributed by atoms with van der Waals surface area (Å²) in [6, 6.07) is -0.979. The zero-order chi connectivity index (χ0) is 13.7. The van der Waals surface area contributed by atoms with Gasteiger partial charge in [0.25, 0.3) is 0 Å². The van der Waals surface area contributed by atoms with Crippen LogP contribution < -0.4 is 0 Å². The Morgan fingerprint density at radius 1 is 1.12 bits per heavy atom. The maximum Gasteiger partial charge on any atom is 0.326 e. The molecule has 0 heterocycles. The lowest BCUT2D eigenvalue weighted by molar-refractivity contribution is -0.141. The third-order valence-electron chi connectivity index (χ3n) is 2.67. The Kier molecular flexibility index (Phi) is 5.99. The Morgan fingerprint density at radius 3 is 1.88 bits per heavy atom. The third-order valence-corrected chi connectivity index (χ3v) is 2.67. The molecule has 0 aliphatic heterocycles. The Balaban J connectivity index is 4.77. The van der Waals surface area contributed by atoms with Gasteiger partial charge in [-0.05, 0) is 26.7 Å². The average Bonchev–Trinajstić information content (AvgIpc) is 2.21. The van der Waals surface area contributed by atoms with Crippen LogP contribution >= 0.6 is 0 Å². The van der Waals surface area contributed by atoms with Crippen molar-refractivity contribution in [2.24, 2.45) is 5.92 Å². The van der Waals surface area contributed by atoms with Crippen molar-refractivity contribution in [2.75, 3.05) is 13.6 Å². The molecule has 2 amide bonds. The molecule has 0 saturated heterocycles. The first-order valence-electron chi connectivity index (χ1n) is 5.94. The van der Waals surface area contributed by atoms with Crippen molar-refractivity contribution in [3.8, 4) is 0 Å². The first-order valence-corrected chi connectivity index (χ1v) is 5.94. The van der Waals surface area contributed by atoms with Gasteiger partial charge in [0.1, 0.15) is 6.04 Å². The van der Waals surface area contributed by atoms with Crippen LogP contribution in [0.4, 0.5) is 4.79 Å². The van der Waals surface area contributed by atoms with Crippen LogP contribution in [0.25, 0.3) is 0 Å². The van der Waals surface area contributed by atoms with E-state index < -0.39 is 12.0 Å². The van der Waals surface area contributed by atoms with Crippen LogP contribution in [-0.4, -0.2) is 52.6 Å². The number of hydrogen-bond donors (Lipinski definition) is 1. The van der Waals surface area contributed by atoms with Crippen molar-refractivity contribution in [3.63, 3.8) is 0 Å². The van der Waals surface area contributed by atoms with E-state index in [4.69, 9.17) is 5.11 Å². The summed E-state index contributed by atoms with van der Waals surface area (Å²) in [5.74, 6) is -0.635. The van der Waals surface area contributed by atoms with Gasteiger partial charge in [-0.2, -0.15) is 0 Å². The fraction of sp³-hybridized carbons (Fsp3) is 0.833. The van der Waals surface area contributed by atoms with Crippen molar-refractivity contribution in [1.29, 1.82) is 0 Å². The Bertz CT molecular complexity index is 277. The molecule has 0 aromatic rings. The van der Waals surface area contributed by atoms with Crippen LogP contribution in [0.5, 0.6) is 0 Å². The van der Waals surface area contributed by atoms with E-state index in [1.54, 1.807) is 4.90 Å². The zero-order valence-electron chi connectivity index (χ0n) is 11.6. The second kappa shape index (κ2) is 6.47. The highest BCUT2D eigenvalue weighted by Crippen LogP contribution is 2.09. The number of carbonyl (C=O) groups is 2. The Labute approximate surface area is 103 Å². The number of amides is 2. The first kappa shape index (κ1) is 15.7. The van der Waals surface area contributed by atoms with Gasteiger partial charge in [-0.1, -0.05) is 13.8 Å². The molecule has 17 heavy (non-hydrogen) atoms. The highest BCUT2D eigenvalue weighted by molar-refractivity contribution is 5.82. The molecular weight excluding hydrogens is 220 g/mol. The summed E-state index contributed by atoms with van der Waals surface area (Å²) in [6.07, 6.45) is 0. The smallest absolute Gasteiger partial charge is 0.326 e. The van der Waals surface area contributed by atoms with Crippen molar-refractivity contribution < 1.29 is 14.7 Å². The lowest BCUT2D eigenvalue weighted by Gasteiger charge is -2.34. The van der Waals surface area contributed by atoms with E-state index >= 15 is 0 Å². The fourth-order valence-electron chi connectivity index (χ4n) is 1.44. The molecule has 5 nitrogen and oxygen atoms in total. The molecule has 1 unspecified atom stereocenters. The number of carboxylic acid groups (broad SMARTS) is 1. The summed E-state index contributed by atoms with van der Waals surface area (Å²) in [7, 11) is 1.52. The van der Waals surface area contributed by atoms with Crippen LogP contribution in [0.2, 0.25) is 0 Å². The molecule has 1 N–H and O–H groups in total. The maximum absolute atomic E-state index is 12.2. The maximum atomic E-state index is 12.2. The SMILES string of the molecule is CC(C)CN(C(=O)N(C)C(C)C(=O)O)C(C)C. The summed E-state index contributed by atoms with van der Waals surface area (Å²) in [5, 5.41) is 8.89. The van der Waals surface area contributed by atoms with Gasteiger partial charge in [0, 0.05) is 19.6 Å². The first-order chi connectivity index (χ1) is 7.68. The van der Waals surface area contributed by atoms with Crippen LogP contribution in [0, 0.1) is 5.92 Å². The molecule has 0 spiro atoms. The van der Waals surface area contributed by atoms with Crippen LogP contribution in [0.15, 0.2) is 0 Å².